The van der Waals surface area contributed by atoms with Gasteiger partial charge in [-0.3, -0.25) is 4.98 Å². The normalized spacial score (nSPS) is 15.8. The second kappa shape index (κ2) is 10.8. The van der Waals surface area contributed by atoms with Crippen molar-refractivity contribution in [3.63, 3.8) is 0 Å². The molecular formula is C29H22F4N6O4. The van der Waals surface area contributed by atoms with Crippen LogP contribution in [0.2, 0.25) is 0 Å². The van der Waals surface area contributed by atoms with Gasteiger partial charge in [-0.2, -0.15) is 8.78 Å². The summed E-state index contributed by atoms with van der Waals surface area (Å²) in [5, 5.41) is 12.8. The van der Waals surface area contributed by atoms with Crippen molar-refractivity contribution >= 4 is 12.2 Å². The van der Waals surface area contributed by atoms with Gasteiger partial charge in [-0.15, -0.1) is 5.10 Å². The van der Waals surface area contributed by atoms with Crippen molar-refractivity contribution < 1.29 is 36.6 Å². The number of amides is 2. The fourth-order valence-electron chi connectivity index (χ4n) is 4.38. The summed E-state index contributed by atoms with van der Waals surface area (Å²) < 4.78 is 72.3. The topological polar surface area (TPSA) is 121 Å². The van der Waals surface area contributed by atoms with Crippen molar-refractivity contribution in [2.24, 2.45) is 0 Å². The fraction of sp³-hybridized carbons (Fsp3) is 0.241. The third kappa shape index (κ3) is 5.87. The zero-order valence-corrected chi connectivity index (χ0v) is 22.9. The highest BCUT2D eigenvalue weighted by atomic mass is 19.3. The smallest absolute Gasteiger partial charge is 0.417 e. The van der Waals surface area contributed by atoms with Gasteiger partial charge in [0.1, 0.15) is 22.9 Å². The molecule has 0 saturated carbocycles. The van der Waals surface area contributed by atoms with Crippen LogP contribution in [-0.4, -0.2) is 43.0 Å². The average Bonchev–Trinajstić information content (AvgIpc) is 3.40. The van der Waals surface area contributed by atoms with E-state index in [0.29, 0.717) is 5.56 Å². The molecule has 1 atom stereocenters. The van der Waals surface area contributed by atoms with E-state index in [1.165, 1.54) is 51.1 Å². The van der Waals surface area contributed by atoms with Crippen molar-refractivity contribution in [3.8, 4) is 23.2 Å². The maximum atomic E-state index is 16.7. The standard InChI is InChI=1S/C29H22F4N6O4/c1-27(2,3)42-25(40)35-26(41)43-28(16-39-24(36-37-38-39)21-14-20(31)11-12-22(21)28)29(32,33)23-13-8-18(15-34-23)5-4-17-6-9-19(30)10-7-17/h6-15H,16H2,1-3H3,(H,35,40,41). The molecule has 0 spiro atoms. The van der Waals surface area contributed by atoms with Crippen LogP contribution in [0.3, 0.4) is 0 Å². The van der Waals surface area contributed by atoms with Crippen LogP contribution in [0.15, 0.2) is 60.8 Å². The molecule has 2 aromatic carbocycles. The highest BCUT2D eigenvalue weighted by molar-refractivity contribution is 5.88. The second-order valence-electron chi connectivity index (χ2n) is 10.5. The van der Waals surface area contributed by atoms with Crippen molar-refractivity contribution in [2.75, 3.05) is 0 Å². The number of carbonyl (C=O) groups excluding carboxylic acids is 2. The highest BCUT2D eigenvalue weighted by Gasteiger charge is 2.63. The first-order valence-corrected chi connectivity index (χ1v) is 12.7. The lowest BCUT2D eigenvalue weighted by molar-refractivity contribution is -0.206. The first-order valence-electron chi connectivity index (χ1n) is 12.7. The number of imide groups is 1. The number of carbonyl (C=O) groups is 2. The molecule has 14 heteroatoms. The van der Waals surface area contributed by atoms with Crippen LogP contribution < -0.4 is 5.32 Å². The van der Waals surface area contributed by atoms with Crippen molar-refractivity contribution in [1.82, 2.24) is 30.5 Å². The molecule has 0 saturated heterocycles. The molecule has 10 nitrogen and oxygen atoms in total. The van der Waals surface area contributed by atoms with Gasteiger partial charge in [0, 0.05) is 28.5 Å². The van der Waals surface area contributed by atoms with Gasteiger partial charge in [-0.25, -0.2) is 28.4 Å². The number of rotatable bonds is 3. The number of tetrazole rings is 1. The minimum absolute atomic E-state index is 0.0450. The molecule has 3 heterocycles. The van der Waals surface area contributed by atoms with Crippen LogP contribution in [0.1, 0.15) is 43.2 Å². The molecule has 0 fully saturated rings. The molecule has 4 aromatic rings. The summed E-state index contributed by atoms with van der Waals surface area (Å²) in [7, 11) is 0. The van der Waals surface area contributed by atoms with Crippen molar-refractivity contribution in [1.29, 1.82) is 0 Å². The Hall–Kier alpha value is -5.32. The predicted molar refractivity (Wildman–Crippen MR) is 141 cm³/mol. The van der Waals surface area contributed by atoms with Crippen molar-refractivity contribution in [2.45, 2.75) is 44.4 Å². The molecule has 43 heavy (non-hydrogen) atoms. The minimum Gasteiger partial charge on any atom is -0.443 e. The van der Waals surface area contributed by atoms with E-state index in [1.54, 1.807) is 5.32 Å². The average molecular weight is 595 g/mol. The number of nitrogens with one attached hydrogen (secondary N) is 1. The first-order chi connectivity index (χ1) is 20.3. The number of aromatic nitrogens is 5. The SMILES string of the molecule is CC(C)(C)OC(=O)NC(=O)OC1(C(F)(F)c2ccc(C#Cc3ccc(F)cc3)cn2)Cn2nnnc2-c2cc(F)ccc21. The third-order valence-electron chi connectivity index (χ3n) is 6.22. The number of benzene rings is 2. The zero-order chi connectivity index (χ0) is 31.0. The summed E-state index contributed by atoms with van der Waals surface area (Å²) in [4.78, 5) is 29.1. The molecule has 0 aliphatic carbocycles. The molecular weight excluding hydrogens is 572 g/mol. The molecule has 5 rings (SSSR count). The van der Waals surface area contributed by atoms with E-state index >= 15 is 8.78 Å². The fourth-order valence-corrected chi connectivity index (χ4v) is 4.38. The van der Waals surface area contributed by atoms with Crippen LogP contribution in [0.5, 0.6) is 0 Å². The number of alkyl halides is 2. The third-order valence-corrected chi connectivity index (χ3v) is 6.22. The summed E-state index contributed by atoms with van der Waals surface area (Å²) in [5.74, 6) is 0.153. The van der Waals surface area contributed by atoms with Gasteiger partial charge in [-0.1, -0.05) is 17.9 Å². The van der Waals surface area contributed by atoms with E-state index in [4.69, 9.17) is 9.47 Å². The zero-order valence-electron chi connectivity index (χ0n) is 22.9. The summed E-state index contributed by atoms with van der Waals surface area (Å²) in [5.41, 5.74) is -4.51. The van der Waals surface area contributed by atoms with Gasteiger partial charge in [0.05, 0.1) is 6.54 Å². The summed E-state index contributed by atoms with van der Waals surface area (Å²) in [6.45, 7) is 3.80. The number of hydrogen-bond acceptors (Lipinski definition) is 8. The number of hydrogen-bond donors (Lipinski definition) is 1. The Balaban J connectivity index is 1.56. The summed E-state index contributed by atoms with van der Waals surface area (Å²) in [6, 6.07) is 10.5. The summed E-state index contributed by atoms with van der Waals surface area (Å²) >= 11 is 0. The number of ether oxygens (including phenoxy) is 2. The van der Waals surface area contributed by atoms with Gasteiger partial charge in [0.2, 0.25) is 5.60 Å². The van der Waals surface area contributed by atoms with Crippen molar-refractivity contribution in [3.05, 3.63) is 94.8 Å². The van der Waals surface area contributed by atoms with Gasteiger partial charge < -0.3 is 9.47 Å². The number of pyridine rings is 1. The molecule has 2 amide bonds. The molecule has 220 valence electrons. The molecule has 1 aliphatic heterocycles. The lowest BCUT2D eigenvalue weighted by Gasteiger charge is -2.42. The molecule has 1 N–H and O–H groups in total. The quantitative estimate of drug-likeness (QED) is 0.258. The Labute approximate surface area is 242 Å². The van der Waals surface area contributed by atoms with Gasteiger partial charge in [0.25, 0.3) is 0 Å². The monoisotopic (exact) mass is 594 g/mol. The van der Waals surface area contributed by atoms with E-state index < -0.39 is 53.2 Å². The van der Waals surface area contributed by atoms with Gasteiger partial charge >= 0.3 is 18.1 Å². The van der Waals surface area contributed by atoms with E-state index in [2.05, 4.69) is 32.4 Å². The Kier molecular flexibility index (Phi) is 7.35. The van der Waals surface area contributed by atoms with E-state index in [0.717, 1.165) is 35.1 Å². The van der Waals surface area contributed by atoms with E-state index in [-0.39, 0.29) is 22.5 Å². The second-order valence-corrected chi connectivity index (χ2v) is 10.5. The lowest BCUT2D eigenvalue weighted by Crippen LogP contribution is -2.54. The number of nitrogens with zero attached hydrogens (tertiary/aromatic N) is 5. The molecule has 1 unspecified atom stereocenters. The summed E-state index contributed by atoms with van der Waals surface area (Å²) in [6.07, 6.45) is -1.72. The van der Waals surface area contributed by atoms with Gasteiger partial charge in [0.15, 0.2) is 5.82 Å². The molecule has 0 bridgehead atoms. The number of fused-ring (bicyclic) bond motifs is 3. The van der Waals surface area contributed by atoms with E-state index in [1.807, 2.05) is 0 Å². The Morgan fingerprint density at radius 3 is 2.30 bits per heavy atom. The van der Waals surface area contributed by atoms with Crippen LogP contribution >= 0.6 is 0 Å². The van der Waals surface area contributed by atoms with Crippen LogP contribution in [0.25, 0.3) is 11.4 Å². The van der Waals surface area contributed by atoms with Gasteiger partial charge in [-0.05, 0) is 79.7 Å². The van der Waals surface area contributed by atoms with Crippen LogP contribution in [-0.2, 0) is 27.5 Å². The molecule has 0 radical (unpaired) electrons. The Morgan fingerprint density at radius 2 is 1.63 bits per heavy atom. The minimum atomic E-state index is -4.11. The number of alkyl carbamates (subject to hydrolysis) is 2. The Bertz CT molecular complexity index is 1760. The number of halogens is 4. The molecule has 1 aliphatic rings. The van der Waals surface area contributed by atoms with Crippen LogP contribution in [0, 0.1) is 23.5 Å². The highest BCUT2D eigenvalue weighted by Crippen LogP contribution is 2.53. The maximum Gasteiger partial charge on any atom is 0.417 e. The maximum absolute atomic E-state index is 16.7. The largest absolute Gasteiger partial charge is 0.443 e. The first kappa shape index (κ1) is 29.2. The predicted octanol–water partition coefficient (Wildman–Crippen LogP) is 5.08. The lowest BCUT2D eigenvalue weighted by atomic mass is 9.80. The van der Waals surface area contributed by atoms with Crippen LogP contribution in [0.4, 0.5) is 27.2 Å². The van der Waals surface area contributed by atoms with E-state index in [9.17, 15) is 18.4 Å². The Morgan fingerprint density at radius 1 is 0.953 bits per heavy atom. The molecule has 2 aromatic heterocycles.